The third kappa shape index (κ3) is 6.70. The molecule has 0 bridgehead atoms. The molecule has 0 radical (unpaired) electrons. The molecule has 0 unspecified atom stereocenters. The first-order valence-electron chi connectivity index (χ1n) is 14.5. The highest BCUT2D eigenvalue weighted by Gasteiger charge is 2.34. The van der Waals surface area contributed by atoms with Crippen LogP contribution < -0.4 is 14.2 Å². The third-order valence-corrected chi connectivity index (χ3v) is 8.22. The highest BCUT2D eigenvalue weighted by Crippen LogP contribution is 2.36. The number of benzene rings is 3. The molecule has 7 heteroatoms. The number of likely N-dealkylation sites (tertiary alicyclic amines) is 1. The van der Waals surface area contributed by atoms with Crippen molar-refractivity contribution in [3.05, 3.63) is 90.0 Å². The predicted octanol–water partition coefficient (Wildman–Crippen LogP) is 5.57. The zero-order valence-corrected chi connectivity index (χ0v) is 23.0. The van der Waals surface area contributed by atoms with E-state index in [0.717, 1.165) is 74.7 Å². The van der Waals surface area contributed by atoms with Gasteiger partial charge in [-0.25, -0.2) is 4.79 Å². The van der Waals surface area contributed by atoms with E-state index in [-0.39, 0.29) is 18.2 Å². The molecule has 0 aliphatic carbocycles. The molecule has 0 saturated carbocycles. The van der Waals surface area contributed by atoms with Crippen LogP contribution in [0.5, 0.6) is 17.2 Å². The third-order valence-electron chi connectivity index (χ3n) is 8.22. The Morgan fingerprint density at radius 2 is 1.57 bits per heavy atom. The lowest BCUT2D eigenvalue weighted by Gasteiger charge is -2.36. The molecule has 0 N–H and O–H groups in total. The second kappa shape index (κ2) is 12.6. The van der Waals surface area contributed by atoms with Crippen LogP contribution in [-0.4, -0.2) is 67.4 Å². The van der Waals surface area contributed by atoms with E-state index in [2.05, 4.69) is 29.2 Å². The smallest absolute Gasteiger partial charge is 0.410 e. The molecule has 1 amide bonds. The van der Waals surface area contributed by atoms with E-state index in [1.165, 1.54) is 5.56 Å². The van der Waals surface area contributed by atoms with Crippen molar-refractivity contribution in [3.63, 3.8) is 0 Å². The molecule has 7 nitrogen and oxygen atoms in total. The second-order valence-electron chi connectivity index (χ2n) is 11.1. The fourth-order valence-corrected chi connectivity index (χ4v) is 5.90. The molecule has 6 rings (SSSR count). The first-order chi connectivity index (χ1) is 19.7. The summed E-state index contributed by atoms with van der Waals surface area (Å²) in [6.07, 6.45) is 4.00. The van der Waals surface area contributed by atoms with Gasteiger partial charge in [-0.2, -0.15) is 0 Å². The number of piperidine rings is 1. The lowest BCUT2D eigenvalue weighted by Crippen LogP contribution is -2.44. The molecular formula is C33H38N2O5. The van der Waals surface area contributed by atoms with Crippen molar-refractivity contribution in [1.29, 1.82) is 0 Å². The van der Waals surface area contributed by atoms with Gasteiger partial charge in [0.05, 0.1) is 6.04 Å². The number of ether oxygens (including phenoxy) is 4. The number of carbonyl (C=O) groups excluding carboxylic acids is 1. The van der Waals surface area contributed by atoms with Crippen molar-refractivity contribution in [2.24, 2.45) is 5.92 Å². The summed E-state index contributed by atoms with van der Waals surface area (Å²) in [7, 11) is 0. The summed E-state index contributed by atoms with van der Waals surface area (Å²) in [5.74, 6) is 2.92. The standard InChI is InChI=1S/C33H38N2O5/c36-33-35(28(23-39-33)19-26-7-3-1-4-8-26)18-15-25-13-16-34(17-14-25)21-30-24-38-32-20-29(11-12-31(32)40-30)37-22-27-9-5-2-6-10-27/h1-12,20,25,28,30H,13-19,21-24H2/t28-,30-/m0/s1. The molecule has 0 aromatic heterocycles. The highest BCUT2D eigenvalue weighted by atomic mass is 16.6. The highest BCUT2D eigenvalue weighted by molar-refractivity contribution is 5.70. The normalized spacial score (nSPS) is 21.3. The molecule has 0 spiro atoms. The number of nitrogens with zero attached hydrogens (tertiary/aromatic N) is 2. The van der Waals surface area contributed by atoms with Crippen LogP contribution in [0.15, 0.2) is 78.9 Å². The summed E-state index contributed by atoms with van der Waals surface area (Å²) in [5.41, 5.74) is 2.38. The molecule has 3 heterocycles. The van der Waals surface area contributed by atoms with E-state index in [0.29, 0.717) is 25.7 Å². The molecular weight excluding hydrogens is 504 g/mol. The van der Waals surface area contributed by atoms with Gasteiger partial charge in [0.15, 0.2) is 11.5 Å². The lowest BCUT2D eigenvalue weighted by atomic mass is 9.93. The van der Waals surface area contributed by atoms with Gasteiger partial charge in [0.1, 0.15) is 31.7 Å². The minimum absolute atomic E-state index is 0.0123. The topological polar surface area (TPSA) is 60.5 Å². The Balaban J connectivity index is 0.926. The Hall–Kier alpha value is -3.71. The van der Waals surface area contributed by atoms with Crippen molar-refractivity contribution >= 4 is 6.09 Å². The zero-order valence-electron chi connectivity index (χ0n) is 23.0. The van der Waals surface area contributed by atoms with Gasteiger partial charge in [0, 0.05) is 19.2 Å². The Morgan fingerprint density at radius 3 is 2.35 bits per heavy atom. The maximum atomic E-state index is 12.4. The molecule has 3 aliphatic heterocycles. The summed E-state index contributed by atoms with van der Waals surface area (Å²) >= 11 is 0. The van der Waals surface area contributed by atoms with Crippen molar-refractivity contribution in [3.8, 4) is 17.2 Å². The van der Waals surface area contributed by atoms with Crippen LogP contribution in [0.4, 0.5) is 4.79 Å². The van der Waals surface area contributed by atoms with E-state index in [9.17, 15) is 4.79 Å². The molecule has 3 aromatic carbocycles. The van der Waals surface area contributed by atoms with Crippen LogP contribution in [0.3, 0.4) is 0 Å². The molecule has 2 fully saturated rings. The summed E-state index contributed by atoms with van der Waals surface area (Å²) in [6, 6.07) is 26.4. The summed E-state index contributed by atoms with van der Waals surface area (Å²) in [6.45, 7) is 5.26. The molecule has 2 saturated heterocycles. The van der Waals surface area contributed by atoms with Gasteiger partial charge >= 0.3 is 6.09 Å². The van der Waals surface area contributed by atoms with Crippen LogP contribution in [0.1, 0.15) is 30.4 Å². The lowest BCUT2D eigenvalue weighted by molar-refractivity contribution is 0.0463. The zero-order chi connectivity index (χ0) is 27.1. The van der Waals surface area contributed by atoms with Crippen molar-refractivity contribution < 1.29 is 23.7 Å². The van der Waals surface area contributed by atoms with Crippen molar-refractivity contribution in [1.82, 2.24) is 9.80 Å². The maximum Gasteiger partial charge on any atom is 0.410 e. The van der Waals surface area contributed by atoms with Gasteiger partial charge in [0.25, 0.3) is 0 Å². The number of cyclic esters (lactones) is 1. The van der Waals surface area contributed by atoms with Gasteiger partial charge in [-0.05, 0) is 68.0 Å². The van der Waals surface area contributed by atoms with Gasteiger partial charge in [-0.3, -0.25) is 4.90 Å². The molecule has 3 aromatic rings. The maximum absolute atomic E-state index is 12.4. The largest absolute Gasteiger partial charge is 0.489 e. The fraction of sp³-hybridized carbons (Fsp3) is 0.424. The number of carbonyl (C=O) groups is 1. The minimum Gasteiger partial charge on any atom is -0.489 e. The number of hydrogen-bond donors (Lipinski definition) is 0. The molecule has 210 valence electrons. The Bertz CT molecular complexity index is 1250. The van der Waals surface area contributed by atoms with Crippen molar-refractivity contribution in [2.45, 2.75) is 44.4 Å². The number of rotatable bonds is 10. The van der Waals surface area contributed by atoms with Crippen LogP contribution in [0.2, 0.25) is 0 Å². The van der Waals surface area contributed by atoms with E-state index in [1.807, 2.05) is 59.5 Å². The van der Waals surface area contributed by atoms with Crippen LogP contribution >= 0.6 is 0 Å². The summed E-state index contributed by atoms with van der Waals surface area (Å²) in [5, 5.41) is 0. The second-order valence-corrected chi connectivity index (χ2v) is 11.1. The van der Waals surface area contributed by atoms with Gasteiger partial charge in [0.2, 0.25) is 0 Å². The van der Waals surface area contributed by atoms with E-state index in [1.54, 1.807) is 0 Å². The van der Waals surface area contributed by atoms with E-state index in [4.69, 9.17) is 18.9 Å². The van der Waals surface area contributed by atoms with Crippen LogP contribution in [-0.2, 0) is 17.8 Å². The molecule has 40 heavy (non-hydrogen) atoms. The quantitative estimate of drug-likeness (QED) is 0.334. The van der Waals surface area contributed by atoms with Gasteiger partial charge < -0.3 is 23.8 Å². The molecule has 3 aliphatic rings. The average Bonchev–Trinajstić information content (AvgIpc) is 3.35. The van der Waals surface area contributed by atoms with Crippen LogP contribution in [0.25, 0.3) is 0 Å². The Labute approximate surface area is 236 Å². The van der Waals surface area contributed by atoms with Gasteiger partial charge in [-0.1, -0.05) is 60.7 Å². The predicted molar refractivity (Wildman–Crippen MR) is 153 cm³/mol. The Kier molecular flexibility index (Phi) is 8.38. The average molecular weight is 543 g/mol. The van der Waals surface area contributed by atoms with Crippen LogP contribution in [0, 0.1) is 5.92 Å². The van der Waals surface area contributed by atoms with Gasteiger partial charge in [-0.15, -0.1) is 0 Å². The number of amides is 1. The monoisotopic (exact) mass is 542 g/mol. The van der Waals surface area contributed by atoms with E-state index >= 15 is 0 Å². The van der Waals surface area contributed by atoms with E-state index < -0.39 is 0 Å². The molecule has 2 atom stereocenters. The summed E-state index contributed by atoms with van der Waals surface area (Å²) in [4.78, 5) is 16.8. The Morgan fingerprint density at radius 1 is 0.825 bits per heavy atom. The summed E-state index contributed by atoms with van der Waals surface area (Å²) < 4.78 is 23.7. The minimum atomic E-state index is -0.164. The van der Waals surface area contributed by atoms with Crippen molar-refractivity contribution in [2.75, 3.05) is 39.4 Å². The first-order valence-corrected chi connectivity index (χ1v) is 14.5. The number of fused-ring (bicyclic) bond motifs is 1. The number of hydrogen-bond acceptors (Lipinski definition) is 6. The SMILES string of the molecule is O=C1OC[C@H](Cc2ccccc2)N1CCC1CCN(C[C@H]2COc3cc(OCc4ccccc4)ccc3O2)CC1. The fourth-order valence-electron chi connectivity index (χ4n) is 5.90. The first kappa shape index (κ1) is 26.5.